The molecular weight excluding hydrogens is 219 g/mol. The Balaban J connectivity index is 2.54. The third kappa shape index (κ3) is 1.72. The third-order valence-electron chi connectivity index (χ3n) is 2.83. The molecule has 0 spiro atoms. The predicted molar refractivity (Wildman–Crippen MR) is 54.7 cm³/mol. The van der Waals surface area contributed by atoms with Crippen molar-refractivity contribution in [3.05, 3.63) is 34.1 Å². The monoisotopic (exact) mass is 228 g/mol. The fourth-order valence-electron chi connectivity index (χ4n) is 2.08. The molecule has 1 aliphatic rings. The number of rotatable bonds is 1. The molecule has 1 unspecified atom stereocenters. The maximum Gasteiger partial charge on any atom is 0.310 e. The van der Waals surface area contributed by atoms with Gasteiger partial charge in [0.2, 0.25) is 0 Å². The van der Waals surface area contributed by atoms with Crippen LogP contribution in [0.25, 0.3) is 0 Å². The lowest BCUT2D eigenvalue weighted by atomic mass is 9.82. The number of hydrogen-bond acceptors (Lipinski definition) is 1. The number of hydrogen-bond donors (Lipinski definition) is 1. The van der Waals surface area contributed by atoms with Gasteiger partial charge in [0.15, 0.2) is 0 Å². The second-order valence-corrected chi connectivity index (χ2v) is 4.12. The highest BCUT2D eigenvalue weighted by molar-refractivity contribution is 6.30. The molecule has 4 heteroatoms. The van der Waals surface area contributed by atoms with Gasteiger partial charge in [0.1, 0.15) is 5.82 Å². The molecule has 2 rings (SSSR count). The molecule has 1 aliphatic carbocycles. The third-order valence-corrected chi connectivity index (χ3v) is 3.12. The van der Waals surface area contributed by atoms with Gasteiger partial charge in [-0.3, -0.25) is 4.79 Å². The first-order valence-corrected chi connectivity index (χ1v) is 5.18. The first-order valence-electron chi connectivity index (χ1n) is 4.81. The molecule has 0 fully saturated rings. The number of carboxylic acid groups (broad SMARTS) is 1. The first kappa shape index (κ1) is 10.4. The summed E-state index contributed by atoms with van der Waals surface area (Å²) in [6.07, 6.45) is 1.84. The molecule has 0 saturated heterocycles. The van der Waals surface area contributed by atoms with Gasteiger partial charge in [-0.25, -0.2) is 4.39 Å². The predicted octanol–water partition coefficient (Wildman–Crippen LogP) is 2.98. The van der Waals surface area contributed by atoms with E-state index in [9.17, 15) is 9.18 Å². The molecule has 15 heavy (non-hydrogen) atoms. The van der Waals surface area contributed by atoms with Crippen molar-refractivity contribution in [3.63, 3.8) is 0 Å². The molecule has 0 aliphatic heterocycles. The Morgan fingerprint density at radius 1 is 1.53 bits per heavy atom. The number of halogens is 2. The summed E-state index contributed by atoms with van der Waals surface area (Å²) in [5.74, 6) is -1.93. The fraction of sp³-hybridized carbons (Fsp3) is 0.364. The minimum Gasteiger partial charge on any atom is -0.481 e. The summed E-state index contributed by atoms with van der Waals surface area (Å²) in [5, 5.41) is 9.06. The van der Waals surface area contributed by atoms with Crippen LogP contribution in [0.4, 0.5) is 4.39 Å². The topological polar surface area (TPSA) is 37.3 Å². The van der Waals surface area contributed by atoms with Gasteiger partial charge in [-0.15, -0.1) is 0 Å². The molecule has 80 valence electrons. The lowest BCUT2D eigenvalue weighted by molar-refractivity contribution is -0.139. The molecule has 0 aromatic heterocycles. The van der Waals surface area contributed by atoms with Crippen LogP contribution in [-0.2, 0) is 11.2 Å². The van der Waals surface area contributed by atoms with Crippen molar-refractivity contribution >= 4 is 17.6 Å². The summed E-state index contributed by atoms with van der Waals surface area (Å²) >= 11 is 5.65. The second-order valence-electron chi connectivity index (χ2n) is 3.71. The minimum atomic E-state index is -0.891. The van der Waals surface area contributed by atoms with Crippen molar-refractivity contribution in [1.82, 2.24) is 0 Å². The van der Waals surface area contributed by atoms with E-state index in [1.165, 1.54) is 6.07 Å². The van der Waals surface area contributed by atoms with Gasteiger partial charge in [-0.2, -0.15) is 0 Å². The Kier molecular flexibility index (Phi) is 2.65. The van der Waals surface area contributed by atoms with Crippen LogP contribution in [0.3, 0.4) is 0 Å². The van der Waals surface area contributed by atoms with Crippen LogP contribution in [0.2, 0.25) is 5.02 Å². The first-order chi connectivity index (χ1) is 7.11. The molecular formula is C11H10ClFO2. The fourth-order valence-corrected chi connectivity index (χ4v) is 2.26. The van der Waals surface area contributed by atoms with Crippen LogP contribution >= 0.6 is 11.6 Å². The van der Waals surface area contributed by atoms with Crippen molar-refractivity contribution in [2.24, 2.45) is 0 Å². The highest BCUT2D eigenvalue weighted by Crippen LogP contribution is 2.35. The number of benzene rings is 1. The van der Waals surface area contributed by atoms with Crippen molar-refractivity contribution in [1.29, 1.82) is 0 Å². The van der Waals surface area contributed by atoms with E-state index in [2.05, 4.69) is 0 Å². The van der Waals surface area contributed by atoms with E-state index in [-0.39, 0.29) is 5.02 Å². The Hall–Kier alpha value is -1.09. The van der Waals surface area contributed by atoms with E-state index in [4.69, 9.17) is 16.7 Å². The molecule has 0 saturated carbocycles. The average Bonchev–Trinajstić information content (AvgIpc) is 2.23. The van der Waals surface area contributed by atoms with Crippen molar-refractivity contribution in [3.8, 4) is 0 Å². The summed E-state index contributed by atoms with van der Waals surface area (Å²) in [7, 11) is 0. The van der Waals surface area contributed by atoms with Gasteiger partial charge in [0, 0.05) is 0 Å². The molecule has 0 bridgehead atoms. The zero-order chi connectivity index (χ0) is 11.0. The van der Waals surface area contributed by atoms with E-state index in [0.29, 0.717) is 30.4 Å². The van der Waals surface area contributed by atoms with E-state index in [1.807, 2.05) is 0 Å². The van der Waals surface area contributed by atoms with Crippen LogP contribution in [-0.4, -0.2) is 11.1 Å². The van der Waals surface area contributed by atoms with Gasteiger partial charge >= 0.3 is 5.97 Å². The Bertz CT molecular complexity index is 417. The number of carbonyl (C=O) groups is 1. The van der Waals surface area contributed by atoms with E-state index in [1.54, 1.807) is 6.07 Å². The summed E-state index contributed by atoms with van der Waals surface area (Å²) in [5.41, 5.74) is 1.05. The summed E-state index contributed by atoms with van der Waals surface area (Å²) in [6, 6.07) is 3.05. The zero-order valence-corrected chi connectivity index (χ0v) is 8.72. The summed E-state index contributed by atoms with van der Waals surface area (Å²) in [4.78, 5) is 11.0. The second kappa shape index (κ2) is 3.81. The van der Waals surface area contributed by atoms with Crippen LogP contribution in [0.5, 0.6) is 0 Å². The molecule has 0 radical (unpaired) electrons. The van der Waals surface area contributed by atoms with Crippen molar-refractivity contribution in [2.45, 2.75) is 25.2 Å². The SMILES string of the molecule is O=C(O)C1CCCc2c1ccc(Cl)c2F. The van der Waals surface area contributed by atoms with E-state index in [0.717, 1.165) is 0 Å². The summed E-state index contributed by atoms with van der Waals surface area (Å²) < 4.78 is 13.6. The van der Waals surface area contributed by atoms with Crippen LogP contribution < -0.4 is 0 Å². The normalized spacial score (nSPS) is 19.7. The lowest BCUT2D eigenvalue weighted by Crippen LogP contribution is -2.19. The van der Waals surface area contributed by atoms with Gasteiger partial charge in [0.05, 0.1) is 10.9 Å². The maximum atomic E-state index is 13.6. The molecule has 2 nitrogen and oxygen atoms in total. The number of fused-ring (bicyclic) bond motifs is 1. The van der Waals surface area contributed by atoms with E-state index >= 15 is 0 Å². The quantitative estimate of drug-likeness (QED) is 0.802. The highest BCUT2D eigenvalue weighted by Gasteiger charge is 2.28. The largest absolute Gasteiger partial charge is 0.481 e. The maximum absolute atomic E-state index is 13.6. The van der Waals surface area contributed by atoms with Gasteiger partial charge in [0.25, 0.3) is 0 Å². The molecule has 1 atom stereocenters. The van der Waals surface area contributed by atoms with Crippen molar-refractivity contribution < 1.29 is 14.3 Å². The standard InChI is InChI=1S/C11H10ClFO2/c12-9-5-4-6-7(10(9)13)2-1-3-8(6)11(14)15/h4-5,8H,1-3H2,(H,14,15). The minimum absolute atomic E-state index is 0.0692. The van der Waals surface area contributed by atoms with Gasteiger partial charge in [-0.1, -0.05) is 17.7 Å². The number of carboxylic acids is 1. The highest BCUT2D eigenvalue weighted by atomic mass is 35.5. The van der Waals surface area contributed by atoms with Crippen LogP contribution in [0.1, 0.15) is 29.9 Å². The smallest absolute Gasteiger partial charge is 0.310 e. The Labute approximate surface area is 91.7 Å². The van der Waals surface area contributed by atoms with Gasteiger partial charge < -0.3 is 5.11 Å². The number of aliphatic carboxylic acids is 1. The molecule has 0 amide bonds. The Morgan fingerprint density at radius 3 is 2.93 bits per heavy atom. The zero-order valence-electron chi connectivity index (χ0n) is 7.96. The Morgan fingerprint density at radius 2 is 2.27 bits per heavy atom. The molecule has 1 N–H and O–H groups in total. The lowest BCUT2D eigenvalue weighted by Gasteiger charge is -2.22. The molecule has 1 aromatic carbocycles. The van der Waals surface area contributed by atoms with E-state index < -0.39 is 17.7 Å². The average molecular weight is 229 g/mol. The molecule has 1 aromatic rings. The van der Waals surface area contributed by atoms with Crippen LogP contribution in [0, 0.1) is 5.82 Å². The molecule has 0 heterocycles. The van der Waals surface area contributed by atoms with Gasteiger partial charge in [-0.05, 0) is 36.5 Å². The van der Waals surface area contributed by atoms with Crippen molar-refractivity contribution in [2.75, 3.05) is 0 Å². The summed E-state index contributed by atoms with van der Waals surface area (Å²) in [6.45, 7) is 0. The van der Waals surface area contributed by atoms with Crippen LogP contribution in [0.15, 0.2) is 12.1 Å².